The van der Waals surface area contributed by atoms with Crippen LogP contribution < -0.4 is 5.32 Å². The third-order valence-electron chi connectivity index (χ3n) is 5.48. The molecule has 1 N–H and O–H groups in total. The fourth-order valence-corrected chi connectivity index (χ4v) is 3.84. The smallest absolute Gasteiger partial charge is 0.329 e. The number of amides is 3. The van der Waals surface area contributed by atoms with Crippen molar-refractivity contribution in [3.8, 4) is 0 Å². The van der Waals surface area contributed by atoms with Crippen molar-refractivity contribution in [1.29, 1.82) is 0 Å². The maximum atomic E-state index is 13.7. The van der Waals surface area contributed by atoms with Gasteiger partial charge in [-0.1, -0.05) is 18.9 Å². The Balaban J connectivity index is 1.64. The molecule has 0 bridgehead atoms. The number of likely N-dealkylation sites (tertiary alicyclic amines) is 1. The van der Waals surface area contributed by atoms with Gasteiger partial charge in [0, 0.05) is 0 Å². The highest BCUT2D eigenvalue weighted by Crippen LogP contribution is 2.39. The van der Waals surface area contributed by atoms with Crippen molar-refractivity contribution in [2.24, 2.45) is 11.8 Å². The van der Waals surface area contributed by atoms with Crippen molar-refractivity contribution in [2.75, 3.05) is 5.32 Å². The number of carbonyl (C=O) groups excluding carboxylic acids is 4. The lowest BCUT2D eigenvalue weighted by Crippen LogP contribution is -2.46. The lowest BCUT2D eigenvalue weighted by Gasteiger charge is -2.23. The molecule has 0 spiro atoms. The number of benzene rings is 1. The van der Waals surface area contributed by atoms with Gasteiger partial charge in [0.25, 0.3) is 5.91 Å². The van der Waals surface area contributed by atoms with E-state index >= 15 is 0 Å². The lowest BCUT2D eigenvalue weighted by atomic mass is 9.81. The summed E-state index contributed by atoms with van der Waals surface area (Å²) >= 11 is 0. The van der Waals surface area contributed by atoms with Gasteiger partial charge in [0.15, 0.2) is 6.10 Å². The summed E-state index contributed by atoms with van der Waals surface area (Å²) < 4.78 is 32.4. The number of nitrogens with zero attached hydrogens (tertiary/aromatic N) is 1. The van der Waals surface area contributed by atoms with E-state index in [1.54, 1.807) is 0 Å². The topological polar surface area (TPSA) is 92.8 Å². The van der Waals surface area contributed by atoms with E-state index in [1.165, 1.54) is 13.8 Å². The molecule has 0 unspecified atom stereocenters. The molecule has 156 valence electrons. The Morgan fingerprint density at radius 2 is 1.59 bits per heavy atom. The van der Waals surface area contributed by atoms with Crippen LogP contribution in [0.3, 0.4) is 0 Å². The van der Waals surface area contributed by atoms with Crippen LogP contribution in [-0.2, 0) is 23.9 Å². The van der Waals surface area contributed by atoms with E-state index in [0.29, 0.717) is 12.8 Å². The molecule has 1 aliphatic carbocycles. The molecule has 29 heavy (non-hydrogen) atoms. The van der Waals surface area contributed by atoms with E-state index in [0.717, 1.165) is 35.9 Å². The molecule has 0 aromatic heterocycles. The molecule has 4 atom stereocenters. The molecule has 1 saturated carbocycles. The minimum absolute atomic E-state index is 0.394. The average molecular weight is 408 g/mol. The molecule has 2 fully saturated rings. The number of hydrogen-bond acceptors (Lipinski definition) is 5. The molecule has 1 heterocycles. The highest BCUT2D eigenvalue weighted by atomic mass is 19.1. The van der Waals surface area contributed by atoms with E-state index in [1.807, 2.05) is 5.32 Å². The SMILES string of the molecule is C[C@@H](OC(=O)[C@H](C)N1C(=O)[C@H]2CCCC[C@@H]2C1=O)C(=O)Nc1c(F)cccc1F. The molecule has 1 aromatic rings. The number of fused-ring (bicyclic) bond motifs is 1. The summed E-state index contributed by atoms with van der Waals surface area (Å²) in [4.78, 5) is 50.6. The van der Waals surface area contributed by atoms with E-state index in [-0.39, 0.29) is 0 Å². The number of carbonyl (C=O) groups is 4. The summed E-state index contributed by atoms with van der Waals surface area (Å²) in [7, 11) is 0. The first kappa shape index (κ1) is 20.9. The predicted molar refractivity (Wildman–Crippen MR) is 97.3 cm³/mol. The second-order valence-electron chi connectivity index (χ2n) is 7.38. The molecule has 0 radical (unpaired) electrons. The summed E-state index contributed by atoms with van der Waals surface area (Å²) in [6, 6.07) is 1.90. The van der Waals surface area contributed by atoms with Crippen LogP contribution in [0, 0.1) is 23.5 Å². The van der Waals surface area contributed by atoms with E-state index in [9.17, 15) is 28.0 Å². The summed E-state index contributed by atoms with van der Waals surface area (Å²) in [6.45, 7) is 2.59. The second-order valence-corrected chi connectivity index (χ2v) is 7.38. The van der Waals surface area contributed by atoms with Gasteiger partial charge >= 0.3 is 5.97 Å². The van der Waals surface area contributed by atoms with Gasteiger partial charge in [-0.3, -0.25) is 19.3 Å². The number of halogens is 2. The van der Waals surface area contributed by atoms with Crippen LogP contribution in [0.4, 0.5) is 14.5 Å². The molecule has 7 nitrogen and oxygen atoms in total. The number of para-hydroxylation sites is 1. The Labute approximate surface area is 166 Å². The average Bonchev–Trinajstić information content (AvgIpc) is 2.95. The number of rotatable bonds is 5. The number of hydrogen-bond donors (Lipinski definition) is 1. The minimum Gasteiger partial charge on any atom is -0.451 e. The quantitative estimate of drug-likeness (QED) is 0.597. The Morgan fingerprint density at radius 1 is 1.07 bits per heavy atom. The van der Waals surface area contributed by atoms with E-state index in [4.69, 9.17) is 4.74 Å². The molecule has 1 aromatic carbocycles. The standard InChI is InChI=1S/C20H22F2N2O5/c1-10(24-18(26)12-6-3-4-7-13(12)19(24)27)20(28)29-11(2)17(25)23-16-14(21)8-5-9-15(16)22/h5,8-13H,3-4,6-7H2,1-2H3,(H,23,25)/t10-,11+,12-,13-/m0/s1. The van der Waals surface area contributed by atoms with Gasteiger partial charge in [-0.15, -0.1) is 0 Å². The van der Waals surface area contributed by atoms with Crippen molar-refractivity contribution in [1.82, 2.24) is 4.90 Å². The van der Waals surface area contributed by atoms with Crippen molar-refractivity contribution in [3.05, 3.63) is 29.8 Å². The molecular weight excluding hydrogens is 386 g/mol. The molecule has 3 amide bonds. The third kappa shape index (κ3) is 3.99. The first-order valence-electron chi connectivity index (χ1n) is 9.54. The lowest BCUT2D eigenvalue weighted by molar-refractivity contribution is -0.163. The van der Waals surface area contributed by atoms with Gasteiger partial charge in [0.1, 0.15) is 23.4 Å². The number of nitrogens with one attached hydrogen (secondary N) is 1. The van der Waals surface area contributed by atoms with Crippen molar-refractivity contribution >= 4 is 29.4 Å². The minimum atomic E-state index is -1.39. The van der Waals surface area contributed by atoms with Crippen LogP contribution in [0.1, 0.15) is 39.5 Å². The molecule has 2 aliphatic rings. The highest BCUT2D eigenvalue weighted by molar-refractivity contribution is 6.08. The number of imide groups is 1. The molecule has 3 rings (SSSR count). The monoisotopic (exact) mass is 408 g/mol. The largest absolute Gasteiger partial charge is 0.451 e. The third-order valence-corrected chi connectivity index (χ3v) is 5.48. The Bertz CT molecular complexity index is 815. The Morgan fingerprint density at radius 3 is 2.10 bits per heavy atom. The second kappa shape index (κ2) is 8.26. The fourth-order valence-electron chi connectivity index (χ4n) is 3.84. The molecular formula is C20H22F2N2O5. The first-order valence-corrected chi connectivity index (χ1v) is 9.54. The first-order chi connectivity index (χ1) is 13.7. The normalized spacial score (nSPS) is 23.4. The van der Waals surface area contributed by atoms with Gasteiger partial charge in [0.05, 0.1) is 11.8 Å². The van der Waals surface area contributed by atoms with Gasteiger partial charge in [-0.05, 0) is 38.8 Å². The van der Waals surface area contributed by atoms with Crippen molar-refractivity contribution < 1.29 is 32.7 Å². The van der Waals surface area contributed by atoms with Crippen LogP contribution in [0.2, 0.25) is 0 Å². The number of anilines is 1. The Hall–Kier alpha value is -2.84. The molecule has 1 aliphatic heterocycles. The summed E-state index contributed by atoms with van der Waals surface area (Å²) in [6.07, 6.45) is 1.55. The molecule has 1 saturated heterocycles. The fraction of sp³-hybridized carbons (Fsp3) is 0.500. The van der Waals surface area contributed by atoms with Crippen LogP contribution in [-0.4, -0.2) is 40.7 Å². The maximum Gasteiger partial charge on any atom is 0.329 e. The van der Waals surface area contributed by atoms with Crippen molar-refractivity contribution in [2.45, 2.75) is 51.7 Å². The van der Waals surface area contributed by atoms with Crippen molar-refractivity contribution in [3.63, 3.8) is 0 Å². The molecule has 9 heteroatoms. The predicted octanol–water partition coefficient (Wildman–Crippen LogP) is 2.40. The number of ether oxygens (including phenoxy) is 1. The maximum absolute atomic E-state index is 13.7. The highest BCUT2D eigenvalue weighted by Gasteiger charge is 2.51. The van der Waals surface area contributed by atoms with E-state index in [2.05, 4.69) is 0 Å². The summed E-state index contributed by atoms with van der Waals surface area (Å²) in [5.74, 6) is -5.43. The van der Waals surface area contributed by atoms with Crippen LogP contribution >= 0.6 is 0 Å². The van der Waals surface area contributed by atoms with Crippen LogP contribution in [0.5, 0.6) is 0 Å². The van der Waals surface area contributed by atoms with Gasteiger partial charge in [-0.25, -0.2) is 13.6 Å². The summed E-state index contributed by atoms with van der Waals surface area (Å²) in [5, 5.41) is 2.04. The van der Waals surface area contributed by atoms with Gasteiger partial charge < -0.3 is 10.1 Å². The summed E-state index contributed by atoms with van der Waals surface area (Å²) in [5.41, 5.74) is -0.651. The zero-order valence-electron chi connectivity index (χ0n) is 16.1. The number of esters is 1. The van der Waals surface area contributed by atoms with Gasteiger partial charge in [-0.2, -0.15) is 0 Å². The van der Waals surface area contributed by atoms with Crippen LogP contribution in [0.15, 0.2) is 18.2 Å². The van der Waals surface area contributed by atoms with Crippen LogP contribution in [0.25, 0.3) is 0 Å². The zero-order chi connectivity index (χ0) is 21.3. The zero-order valence-corrected chi connectivity index (χ0v) is 16.1. The van der Waals surface area contributed by atoms with Gasteiger partial charge in [0.2, 0.25) is 11.8 Å². The van der Waals surface area contributed by atoms with E-state index < -0.39 is 65.0 Å². The Kier molecular flexibility index (Phi) is 5.95.